The molecule has 156 valence electrons. The summed E-state index contributed by atoms with van der Waals surface area (Å²) in [6.45, 7) is 0.453. The lowest BCUT2D eigenvalue weighted by atomic mass is 9.91. The molecule has 3 aromatic rings. The van der Waals surface area contributed by atoms with Gasteiger partial charge in [0.1, 0.15) is 11.3 Å². The van der Waals surface area contributed by atoms with E-state index >= 15 is 0 Å². The number of primary amides is 1. The molecule has 9 heteroatoms. The van der Waals surface area contributed by atoms with Crippen LogP contribution < -0.4 is 5.73 Å². The number of piperidine rings is 1. The van der Waals surface area contributed by atoms with Gasteiger partial charge in [0.05, 0.1) is 17.8 Å². The number of nitrogens with one attached hydrogen (secondary N) is 1. The van der Waals surface area contributed by atoms with E-state index in [0.717, 1.165) is 0 Å². The van der Waals surface area contributed by atoms with Crippen molar-refractivity contribution in [2.75, 3.05) is 13.6 Å². The lowest BCUT2D eigenvalue weighted by Gasteiger charge is -2.32. The number of hydrogen-bond acceptors (Lipinski definition) is 6. The maximum Gasteiger partial charge on any atom is 0.267 e. The summed E-state index contributed by atoms with van der Waals surface area (Å²) >= 11 is 0. The van der Waals surface area contributed by atoms with Gasteiger partial charge in [-0.15, -0.1) is 0 Å². The molecule has 31 heavy (non-hydrogen) atoms. The number of amides is 2. The van der Waals surface area contributed by atoms with Crippen molar-refractivity contribution in [1.29, 1.82) is 0 Å². The van der Waals surface area contributed by atoms with Gasteiger partial charge in [-0.25, -0.2) is 9.97 Å². The van der Waals surface area contributed by atoms with E-state index in [1.165, 1.54) is 6.07 Å². The fourth-order valence-corrected chi connectivity index (χ4v) is 3.22. The van der Waals surface area contributed by atoms with Crippen LogP contribution in [0.15, 0.2) is 42.6 Å². The number of benzene rings is 1. The summed E-state index contributed by atoms with van der Waals surface area (Å²) < 4.78 is 0. The zero-order valence-corrected chi connectivity index (χ0v) is 16.8. The second-order valence-electron chi connectivity index (χ2n) is 7.40. The number of likely N-dealkylation sites (tertiary alicyclic amines) is 1. The molecule has 1 fully saturated rings. The molecule has 0 radical (unpaired) electrons. The maximum absolute atomic E-state index is 11.9. The number of rotatable bonds is 3. The van der Waals surface area contributed by atoms with E-state index in [2.05, 4.69) is 32.0 Å². The molecule has 1 atom stereocenters. The molecule has 3 heterocycles. The number of nitrogens with two attached hydrogens (primary N) is 1. The van der Waals surface area contributed by atoms with E-state index < -0.39 is 11.5 Å². The number of aromatic nitrogens is 4. The minimum absolute atomic E-state index is 0.0342. The zero-order valence-electron chi connectivity index (χ0n) is 16.8. The third-order valence-electron chi connectivity index (χ3n) is 5.05. The summed E-state index contributed by atoms with van der Waals surface area (Å²) in [6.07, 6.45) is 1.93. The second-order valence-corrected chi connectivity index (χ2v) is 7.40. The molecule has 0 spiro atoms. The van der Waals surface area contributed by atoms with Crippen LogP contribution in [-0.2, 0) is 4.79 Å². The first kappa shape index (κ1) is 20.3. The van der Waals surface area contributed by atoms with Crippen molar-refractivity contribution in [1.82, 2.24) is 25.1 Å². The van der Waals surface area contributed by atoms with Gasteiger partial charge in [0, 0.05) is 37.3 Å². The standard InChI is InChI=1S/C22H20N6O3/c1-28-10-8-22(31,13-19(28)29)7-5-14-3-2-4-15(11-14)21-25-17(16-6-9-24-27-16)12-18(26-21)20(23)30/h2-4,6,9,11-12,31H,8,10,13H2,1H3,(H2,23,30)(H,24,27)/t22-/m0/s1. The summed E-state index contributed by atoms with van der Waals surface area (Å²) in [5.74, 6) is 5.28. The highest BCUT2D eigenvalue weighted by atomic mass is 16.3. The average molecular weight is 416 g/mol. The molecule has 4 rings (SSSR count). The lowest BCUT2D eigenvalue weighted by Crippen LogP contribution is -2.45. The van der Waals surface area contributed by atoms with E-state index in [1.807, 2.05) is 0 Å². The number of H-pyrrole nitrogens is 1. The fraction of sp³-hybridized carbons (Fsp3) is 0.227. The van der Waals surface area contributed by atoms with Crippen molar-refractivity contribution in [2.24, 2.45) is 5.73 Å². The highest BCUT2D eigenvalue weighted by Crippen LogP contribution is 2.23. The highest BCUT2D eigenvalue weighted by Gasteiger charge is 2.34. The van der Waals surface area contributed by atoms with Gasteiger partial charge in [-0.1, -0.05) is 24.0 Å². The normalized spacial score (nSPS) is 18.4. The Balaban J connectivity index is 1.68. The Kier molecular flexibility index (Phi) is 5.23. The van der Waals surface area contributed by atoms with Gasteiger partial charge in [-0.2, -0.15) is 5.10 Å². The molecule has 1 saturated heterocycles. The molecule has 1 aliphatic rings. The number of carbonyl (C=O) groups excluding carboxylic acids is 2. The predicted molar refractivity (Wildman–Crippen MR) is 112 cm³/mol. The van der Waals surface area contributed by atoms with E-state index in [1.54, 1.807) is 48.5 Å². The van der Waals surface area contributed by atoms with E-state index in [9.17, 15) is 14.7 Å². The van der Waals surface area contributed by atoms with Crippen LogP contribution in [0.4, 0.5) is 0 Å². The Hall–Kier alpha value is -4.03. The smallest absolute Gasteiger partial charge is 0.267 e. The molecule has 1 aliphatic heterocycles. The topological polar surface area (TPSA) is 138 Å². The second kappa shape index (κ2) is 8.01. The largest absolute Gasteiger partial charge is 0.377 e. The van der Waals surface area contributed by atoms with Gasteiger partial charge in [0.25, 0.3) is 5.91 Å². The van der Waals surface area contributed by atoms with Crippen LogP contribution in [0.5, 0.6) is 0 Å². The van der Waals surface area contributed by atoms with Crippen LogP contribution in [0.3, 0.4) is 0 Å². The fourth-order valence-electron chi connectivity index (χ4n) is 3.22. The van der Waals surface area contributed by atoms with Crippen molar-refractivity contribution >= 4 is 11.8 Å². The average Bonchev–Trinajstić information content (AvgIpc) is 3.30. The van der Waals surface area contributed by atoms with E-state index in [-0.39, 0.29) is 18.0 Å². The third-order valence-corrected chi connectivity index (χ3v) is 5.05. The summed E-state index contributed by atoms with van der Waals surface area (Å²) in [5, 5.41) is 17.3. The van der Waals surface area contributed by atoms with Crippen LogP contribution in [0, 0.1) is 11.8 Å². The summed E-state index contributed by atoms with van der Waals surface area (Å²) in [7, 11) is 1.70. The highest BCUT2D eigenvalue weighted by molar-refractivity contribution is 5.92. The first-order valence-electron chi connectivity index (χ1n) is 9.62. The summed E-state index contributed by atoms with van der Waals surface area (Å²) in [6, 6.07) is 10.3. The number of aromatic amines is 1. The first-order valence-corrected chi connectivity index (χ1v) is 9.62. The first-order chi connectivity index (χ1) is 14.8. The summed E-state index contributed by atoms with van der Waals surface area (Å²) in [4.78, 5) is 34.0. The molecule has 1 aromatic carbocycles. The van der Waals surface area contributed by atoms with Crippen molar-refractivity contribution < 1.29 is 14.7 Å². The van der Waals surface area contributed by atoms with Gasteiger partial charge >= 0.3 is 0 Å². The van der Waals surface area contributed by atoms with E-state index in [0.29, 0.717) is 41.3 Å². The van der Waals surface area contributed by atoms with Crippen molar-refractivity contribution in [3.63, 3.8) is 0 Å². The predicted octanol–water partition coefficient (Wildman–Crippen LogP) is 0.967. The van der Waals surface area contributed by atoms with Crippen LogP contribution in [0.25, 0.3) is 22.8 Å². The van der Waals surface area contributed by atoms with Gasteiger partial charge in [0.2, 0.25) is 5.91 Å². The van der Waals surface area contributed by atoms with Gasteiger partial charge in [-0.05, 0) is 24.3 Å². The van der Waals surface area contributed by atoms with Crippen LogP contribution >= 0.6 is 0 Å². The SMILES string of the molecule is CN1CC[C@@](O)(C#Cc2cccc(-c3nc(C(N)=O)cc(-c4ccn[nH]4)n3)c2)CC1=O. The van der Waals surface area contributed by atoms with Crippen LogP contribution in [0.2, 0.25) is 0 Å². The minimum Gasteiger partial charge on any atom is -0.377 e. The Morgan fingerprint density at radius 3 is 2.84 bits per heavy atom. The quantitative estimate of drug-likeness (QED) is 0.544. The van der Waals surface area contributed by atoms with Crippen LogP contribution in [0.1, 0.15) is 28.9 Å². The Morgan fingerprint density at radius 1 is 1.29 bits per heavy atom. The van der Waals surface area contributed by atoms with E-state index in [4.69, 9.17) is 5.73 Å². The molecule has 0 aliphatic carbocycles. The molecule has 0 unspecified atom stereocenters. The Labute approximate surface area is 178 Å². The third kappa shape index (κ3) is 4.44. The number of hydrogen-bond donors (Lipinski definition) is 3. The minimum atomic E-state index is -1.35. The van der Waals surface area contributed by atoms with Crippen molar-refractivity contribution in [3.8, 4) is 34.6 Å². The molecule has 9 nitrogen and oxygen atoms in total. The van der Waals surface area contributed by atoms with Crippen molar-refractivity contribution in [3.05, 3.63) is 53.9 Å². The van der Waals surface area contributed by atoms with Crippen LogP contribution in [-0.4, -0.2) is 61.2 Å². The Morgan fingerprint density at radius 2 is 2.13 bits per heavy atom. The number of carbonyl (C=O) groups is 2. The Bertz CT molecular complexity index is 1210. The summed E-state index contributed by atoms with van der Waals surface area (Å²) in [5.41, 5.74) is 6.51. The van der Waals surface area contributed by atoms with Gasteiger partial charge in [-0.3, -0.25) is 14.7 Å². The molecular formula is C22H20N6O3. The monoisotopic (exact) mass is 416 g/mol. The molecule has 2 amide bonds. The number of aliphatic hydroxyl groups is 1. The molecule has 4 N–H and O–H groups in total. The maximum atomic E-state index is 11.9. The lowest BCUT2D eigenvalue weighted by molar-refractivity contribution is -0.138. The molecule has 2 aromatic heterocycles. The molecular weight excluding hydrogens is 396 g/mol. The molecule has 0 saturated carbocycles. The molecule has 0 bridgehead atoms. The zero-order chi connectivity index (χ0) is 22.0. The van der Waals surface area contributed by atoms with Crippen molar-refractivity contribution in [2.45, 2.75) is 18.4 Å². The number of nitrogens with zero attached hydrogens (tertiary/aromatic N) is 4. The van der Waals surface area contributed by atoms with Gasteiger partial charge < -0.3 is 15.7 Å². The van der Waals surface area contributed by atoms with Gasteiger partial charge in [0.15, 0.2) is 5.82 Å².